The average Bonchev–Trinajstić information content (AvgIpc) is 3.04. The molecule has 0 aliphatic heterocycles. The number of nitrogens with zero attached hydrogens (tertiary/aromatic N) is 2. The molecule has 1 aromatic carbocycles. The molecule has 0 aliphatic carbocycles. The molecule has 0 saturated carbocycles. The molecule has 0 amide bonds. The van der Waals surface area contributed by atoms with E-state index in [0.29, 0.717) is 15.6 Å². The van der Waals surface area contributed by atoms with Crippen molar-refractivity contribution in [3.8, 4) is 22.1 Å². The summed E-state index contributed by atoms with van der Waals surface area (Å²) in [7, 11) is 0. The Morgan fingerprint density at radius 3 is 2.52 bits per heavy atom. The number of hydrogen-bond acceptors (Lipinski definition) is 4. The van der Waals surface area contributed by atoms with Gasteiger partial charge in [-0.3, -0.25) is 0 Å². The maximum absolute atomic E-state index is 10.9. The molecule has 5 nitrogen and oxygen atoms in total. The maximum Gasteiger partial charge on any atom is 0.512 e. The van der Waals surface area contributed by atoms with Gasteiger partial charge in [-0.2, -0.15) is 0 Å². The van der Waals surface area contributed by atoms with Crippen molar-refractivity contribution in [3.05, 3.63) is 51.3 Å². The summed E-state index contributed by atoms with van der Waals surface area (Å²) in [5, 5.41) is 16.1. The zero-order valence-corrected chi connectivity index (χ0v) is 14.1. The third-order valence-corrected chi connectivity index (χ3v) is 4.67. The molecule has 118 valence electrons. The van der Waals surface area contributed by atoms with Gasteiger partial charge in [-0.25, -0.2) is 9.48 Å². The Hall–Kier alpha value is -2.02. The van der Waals surface area contributed by atoms with Crippen molar-refractivity contribution >= 4 is 40.7 Å². The van der Waals surface area contributed by atoms with Crippen LogP contribution in [0.2, 0.25) is 10.0 Å². The van der Waals surface area contributed by atoms with E-state index in [2.05, 4.69) is 5.10 Å². The van der Waals surface area contributed by atoms with E-state index in [-0.39, 0.29) is 5.88 Å². The first kappa shape index (κ1) is 15.9. The Morgan fingerprint density at radius 2 is 1.96 bits per heavy atom. The van der Waals surface area contributed by atoms with Gasteiger partial charge >= 0.3 is 6.16 Å². The lowest BCUT2D eigenvalue weighted by atomic mass is 10.2. The molecule has 0 atom stereocenters. The SMILES string of the molecule is Cc1c(OC(=O)O)nn(-c2ccc(Cl)cc2)c1-c1cc(Cl)cs1. The van der Waals surface area contributed by atoms with Crippen molar-refractivity contribution in [2.75, 3.05) is 0 Å². The second kappa shape index (κ2) is 6.23. The van der Waals surface area contributed by atoms with Crippen LogP contribution in [0.15, 0.2) is 35.7 Å². The standard InChI is InChI=1S/C15H10Cl2N2O3S/c1-8-13(12-6-10(17)7-23-12)19(18-14(8)22-15(20)21)11-4-2-9(16)3-5-11/h2-7H,1H3,(H,20,21). The normalized spacial score (nSPS) is 10.7. The first-order valence-electron chi connectivity index (χ1n) is 6.46. The van der Waals surface area contributed by atoms with Gasteiger partial charge in [0.15, 0.2) is 0 Å². The van der Waals surface area contributed by atoms with E-state index in [1.807, 2.05) is 0 Å². The molecule has 0 aliphatic rings. The predicted molar refractivity (Wildman–Crippen MR) is 90.3 cm³/mol. The number of halogens is 2. The van der Waals surface area contributed by atoms with Crippen molar-refractivity contribution < 1.29 is 14.6 Å². The highest BCUT2D eigenvalue weighted by Crippen LogP contribution is 2.37. The molecule has 3 rings (SSSR count). The second-order valence-corrected chi connectivity index (χ2v) is 6.45. The van der Waals surface area contributed by atoms with Gasteiger partial charge in [0, 0.05) is 16.0 Å². The number of thiophene rings is 1. The van der Waals surface area contributed by atoms with Crippen LogP contribution in [-0.2, 0) is 0 Å². The molecule has 0 spiro atoms. The van der Waals surface area contributed by atoms with Gasteiger partial charge in [-0.15, -0.1) is 16.4 Å². The molecule has 0 bridgehead atoms. The number of hydrogen-bond donors (Lipinski definition) is 1. The molecular formula is C15H10Cl2N2O3S. The Kier molecular flexibility index (Phi) is 4.30. The minimum Gasteiger partial charge on any atom is -0.449 e. The van der Waals surface area contributed by atoms with E-state index in [4.69, 9.17) is 33.0 Å². The molecule has 3 aromatic rings. The zero-order valence-electron chi connectivity index (χ0n) is 11.8. The monoisotopic (exact) mass is 368 g/mol. The van der Waals surface area contributed by atoms with Crippen LogP contribution in [0, 0.1) is 6.92 Å². The van der Waals surface area contributed by atoms with Crippen LogP contribution in [0.1, 0.15) is 5.56 Å². The molecule has 0 unspecified atom stereocenters. The lowest BCUT2D eigenvalue weighted by Gasteiger charge is -2.06. The first-order chi connectivity index (χ1) is 11.0. The lowest BCUT2D eigenvalue weighted by Crippen LogP contribution is -2.05. The summed E-state index contributed by atoms with van der Waals surface area (Å²) >= 11 is 13.4. The minimum atomic E-state index is -1.41. The first-order valence-corrected chi connectivity index (χ1v) is 8.10. The second-order valence-electron chi connectivity index (χ2n) is 4.66. The number of carboxylic acid groups (broad SMARTS) is 1. The van der Waals surface area contributed by atoms with Crippen molar-refractivity contribution in [1.82, 2.24) is 9.78 Å². The predicted octanol–water partition coefficient (Wildman–Crippen LogP) is 5.27. The smallest absolute Gasteiger partial charge is 0.449 e. The van der Waals surface area contributed by atoms with Gasteiger partial charge in [-0.1, -0.05) is 23.2 Å². The number of aromatic nitrogens is 2. The zero-order chi connectivity index (χ0) is 16.6. The maximum atomic E-state index is 10.9. The number of carbonyl (C=O) groups is 1. The molecule has 1 N–H and O–H groups in total. The Balaban J connectivity index is 2.20. The molecule has 2 heterocycles. The molecule has 0 saturated heterocycles. The van der Waals surface area contributed by atoms with Gasteiger partial charge < -0.3 is 9.84 Å². The van der Waals surface area contributed by atoms with Crippen LogP contribution in [0.3, 0.4) is 0 Å². The van der Waals surface area contributed by atoms with Crippen LogP contribution in [-0.4, -0.2) is 21.0 Å². The van der Waals surface area contributed by atoms with Crippen LogP contribution in [0.4, 0.5) is 4.79 Å². The Morgan fingerprint density at radius 1 is 1.26 bits per heavy atom. The van der Waals surface area contributed by atoms with Crippen molar-refractivity contribution in [2.45, 2.75) is 6.92 Å². The summed E-state index contributed by atoms with van der Waals surface area (Å²) in [5.41, 5.74) is 2.07. The fraction of sp³-hybridized carbons (Fsp3) is 0.0667. The van der Waals surface area contributed by atoms with Crippen LogP contribution in [0.5, 0.6) is 5.88 Å². The summed E-state index contributed by atoms with van der Waals surface area (Å²) in [6, 6.07) is 8.84. The summed E-state index contributed by atoms with van der Waals surface area (Å²) in [4.78, 5) is 11.7. The van der Waals surface area contributed by atoms with E-state index in [1.54, 1.807) is 47.3 Å². The lowest BCUT2D eigenvalue weighted by molar-refractivity contribution is 0.142. The molecular weight excluding hydrogens is 359 g/mol. The van der Waals surface area contributed by atoms with Gasteiger partial charge in [0.1, 0.15) is 0 Å². The minimum absolute atomic E-state index is 0.0342. The fourth-order valence-electron chi connectivity index (χ4n) is 2.15. The Bertz CT molecular complexity index is 871. The van der Waals surface area contributed by atoms with E-state index < -0.39 is 6.16 Å². The molecule has 23 heavy (non-hydrogen) atoms. The van der Waals surface area contributed by atoms with Crippen LogP contribution in [0.25, 0.3) is 16.3 Å². The molecule has 2 aromatic heterocycles. The molecule has 8 heteroatoms. The molecule has 0 radical (unpaired) electrons. The average molecular weight is 369 g/mol. The third-order valence-electron chi connectivity index (χ3n) is 3.13. The summed E-state index contributed by atoms with van der Waals surface area (Å²) in [6.45, 7) is 1.75. The van der Waals surface area contributed by atoms with Gasteiger partial charge in [0.2, 0.25) is 5.88 Å². The third kappa shape index (κ3) is 3.19. The van der Waals surface area contributed by atoms with Gasteiger partial charge in [-0.05, 0) is 37.3 Å². The highest BCUT2D eigenvalue weighted by atomic mass is 35.5. The quantitative estimate of drug-likeness (QED) is 0.639. The Labute approximate surface area is 145 Å². The highest BCUT2D eigenvalue weighted by molar-refractivity contribution is 7.14. The van der Waals surface area contributed by atoms with E-state index in [1.165, 1.54) is 11.3 Å². The van der Waals surface area contributed by atoms with Crippen molar-refractivity contribution in [2.24, 2.45) is 0 Å². The summed E-state index contributed by atoms with van der Waals surface area (Å²) in [6.07, 6.45) is -1.41. The molecule has 0 fully saturated rings. The topological polar surface area (TPSA) is 64.3 Å². The fourth-order valence-corrected chi connectivity index (χ4v) is 3.44. The van der Waals surface area contributed by atoms with Crippen molar-refractivity contribution in [3.63, 3.8) is 0 Å². The van der Waals surface area contributed by atoms with E-state index in [0.717, 1.165) is 16.3 Å². The number of rotatable bonds is 3. The van der Waals surface area contributed by atoms with E-state index in [9.17, 15) is 4.79 Å². The number of ether oxygens (including phenoxy) is 1. The van der Waals surface area contributed by atoms with Crippen molar-refractivity contribution in [1.29, 1.82) is 0 Å². The number of benzene rings is 1. The van der Waals surface area contributed by atoms with Gasteiger partial charge in [0.25, 0.3) is 0 Å². The summed E-state index contributed by atoms with van der Waals surface area (Å²) in [5.74, 6) is 0.0342. The highest BCUT2D eigenvalue weighted by Gasteiger charge is 2.21. The van der Waals surface area contributed by atoms with Gasteiger partial charge in [0.05, 0.1) is 21.3 Å². The van der Waals surface area contributed by atoms with Crippen LogP contribution >= 0.6 is 34.5 Å². The summed E-state index contributed by atoms with van der Waals surface area (Å²) < 4.78 is 6.39. The largest absolute Gasteiger partial charge is 0.512 e. The van der Waals surface area contributed by atoms with Crippen LogP contribution < -0.4 is 4.74 Å². The van der Waals surface area contributed by atoms with E-state index >= 15 is 0 Å².